The minimum Gasteiger partial charge on any atom is -0.352 e. The van der Waals surface area contributed by atoms with Gasteiger partial charge >= 0.3 is 6.18 Å². The summed E-state index contributed by atoms with van der Waals surface area (Å²) in [6.07, 6.45) is 2.33. The van der Waals surface area contributed by atoms with Crippen LogP contribution < -0.4 is 5.32 Å². The number of alkyl halides is 3. The maximum absolute atomic E-state index is 12.7. The Bertz CT molecular complexity index is 588. The Balaban J connectivity index is 1.44. The number of carbonyl (C=O) groups excluding carboxylic acids is 1. The standard InChI is InChI=1S/C18H25F3N4O/c19-18(20,21)14-4-6-15(7-5-14)24-16(26)12-25-10-1-3-13(11-25)17-22-8-2-9-23-17/h2,8-9,13-15H,1,3-7,10-12H2,(H,24,26). The van der Waals surface area contributed by atoms with Crippen LogP contribution in [0.15, 0.2) is 18.5 Å². The summed E-state index contributed by atoms with van der Waals surface area (Å²) in [6.45, 7) is 1.86. The van der Waals surface area contributed by atoms with Gasteiger partial charge in [0.15, 0.2) is 0 Å². The van der Waals surface area contributed by atoms with Crippen LogP contribution in [0.2, 0.25) is 0 Å². The van der Waals surface area contributed by atoms with Crippen LogP contribution in [0, 0.1) is 5.92 Å². The van der Waals surface area contributed by atoms with Crippen LogP contribution in [0.3, 0.4) is 0 Å². The first kappa shape index (κ1) is 19.1. The highest BCUT2D eigenvalue weighted by atomic mass is 19.4. The number of hydrogen-bond acceptors (Lipinski definition) is 4. The van der Waals surface area contributed by atoms with Crippen LogP contribution in [0.5, 0.6) is 0 Å². The highest BCUT2D eigenvalue weighted by molar-refractivity contribution is 5.78. The number of nitrogens with one attached hydrogen (secondary N) is 1. The van der Waals surface area contributed by atoms with Crippen molar-refractivity contribution in [2.24, 2.45) is 5.92 Å². The molecule has 1 aromatic rings. The fraction of sp³-hybridized carbons (Fsp3) is 0.722. The zero-order valence-electron chi connectivity index (χ0n) is 14.7. The Morgan fingerprint density at radius 2 is 1.85 bits per heavy atom. The summed E-state index contributed by atoms with van der Waals surface area (Å²) in [6, 6.07) is 1.64. The predicted octanol–water partition coefficient (Wildman–Crippen LogP) is 2.89. The summed E-state index contributed by atoms with van der Waals surface area (Å²) in [5.74, 6) is -0.289. The Labute approximate surface area is 151 Å². The number of rotatable bonds is 4. The van der Waals surface area contributed by atoms with Crippen molar-refractivity contribution in [3.63, 3.8) is 0 Å². The van der Waals surface area contributed by atoms with E-state index in [1.54, 1.807) is 18.5 Å². The predicted molar refractivity (Wildman–Crippen MR) is 90.4 cm³/mol. The normalized spacial score (nSPS) is 27.9. The van der Waals surface area contributed by atoms with Gasteiger partial charge in [0, 0.05) is 30.9 Å². The maximum Gasteiger partial charge on any atom is 0.391 e. The van der Waals surface area contributed by atoms with Gasteiger partial charge in [0.25, 0.3) is 0 Å². The lowest BCUT2D eigenvalue weighted by Gasteiger charge is -2.33. The number of likely N-dealkylation sites (tertiary alicyclic amines) is 1. The van der Waals surface area contributed by atoms with Crippen molar-refractivity contribution in [3.8, 4) is 0 Å². The smallest absolute Gasteiger partial charge is 0.352 e. The maximum atomic E-state index is 12.7. The van der Waals surface area contributed by atoms with Gasteiger partial charge in [0.2, 0.25) is 5.91 Å². The SMILES string of the molecule is O=C(CN1CCCC(c2ncccn2)C1)NC1CCC(C(F)(F)F)CC1. The molecule has 1 saturated carbocycles. The molecule has 1 aliphatic heterocycles. The van der Waals surface area contributed by atoms with Crippen LogP contribution in [-0.2, 0) is 4.79 Å². The van der Waals surface area contributed by atoms with Gasteiger partial charge in [-0.3, -0.25) is 9.69 Å². The molecule has 0 spiro atoms. The summed E-state index contributed by atoms with van der Waals surface area (Å²) in [5, 5.41) is 2.91. The Hall–Kier alpha value is -1.70. The molecular weight excluding hydrogens is 345 g/mol. The molecule has 2 fully saturated rings. The molecule has 26 heavy (non-hydrogen) atoms. The third kappa shape index (κ3) is 5.16. The highest BCUT2D eigenvalue weighted by Gasteiger charge is 2.41. The lowest BCUT2D eigenvalue weighted by molar-refractivity contribution is -0.182. The van der Waals surface area contributed by atoms with Gasteiger partial charge in [-0.05, 0) is 51.1 Å². The van der Waals surface area contributed by atoms with E-state index in [2.05, 4.69) is 20.2 Å². The molecule has 0 radical (unpaired) electrons. The lowest BCUT2D eigenvalue weighted by atomic mass is 9.85. The lowest BCUT2D eigenvalue weighted by Crippen LogP contribution is -2.46. The molecule has 144 valence electrons. The molecular formula is C18H25F3N4O. The number of aromatic nitrogens is 2. The molecule has 1 unspecified atom stereocenters. The number of nitrogens with zero attached hydrogens (tertiary/aromatic N) is 3. The zero-order valence-corrected chi connectivity index (χ0v) is 14.7. The van der Waals surface area contributed by atoms with E-state index in [4.69, 9.17) is 0 Å². The van der Waals surface area contributed by atoms with Gasteiger partial charge in [-0.2, -0.15) is 13.2 Å². The van der Waals surface area contributed by atoms with Crippen molar-refractivity contribution < 1.29 is 18.0 Å². The molecule has 0 aromatic carbocycles. The van der Waals surface area contributed by atoms with E-state index in [-0.39, 0.29) is 37.3 Å². The average molecular weight is 370 g/mol. The largest absolute Gasteiger partial charge is 0.391 e. The van der Waals surface area contributed by atoms with E-state index in [9.17, 15) is 18.0 Å². The number of halogens is 3. The first-order valence-corrected chi connectivity index (χ1v) is 9.27. The van der Waals surface area contributed by atoms with Gasteiger partial charge in [-0.1, -0.05) is 0 Å². The van der Waals surface area contributed by atoms with Gasteiger partial charge in [0.1, 0.15) is 5.82 Å². The number of carbonyl (C=O) groups is 1. The summed E-state index contributed by atoms with van der Waals surface area (Å²) >= 11 is 0. The van der Waals surface area contributed by atoms with Crippen LogP contribution >= 0.6 is 0 Å². The third-order valence-electron chi connectivity index (χ3n) is 5.38. The molecule has 8 heteroatoms. The first-order valence-electron chi connectivity index (χ1n) is 9.27. The first-order chi connectivity index (χ1) is 12.4. The topological polar surface area (TPSA) is 58.1 Å². The third-order valence-corrected chi connectivity index (χ3v) is 5.38. The quantitative estimate of drug-likeness (QED) is 0.885. The van der Waals surface area contributed by atoms with E-state index in [1.807, 2.05) is 0 Å². The van der Waals surface area contributed by atoms with E-state index >= 15 is 0 Å². The van der Waals surface area contributed by atoms with Gasteiger partial charge in [-0.15, -0.1) is 0 Å². The number of hydrogen-bond donors (Lipinski definition) is 1. The summed E-state index contributed by atoms with van der Waals surface area (Å²) in [5.41, 5.74) is 0. The molecule has 1 atom stereocenters. The number of piperidine rings is 1. The second kappa shape index (κ2) is 8.33. The average Bonchev–Trinajstić information content (AvgIpc) is 2.62. The van der Waals surface area contributed by atoms with E-state index in [1.165, 1.54) is 0 Å². The van der Waals surface area contributed by atoms with Gasteiger partial charge in [0.05, 0.1) is 12.5 Å². The van der Waals surface area contributed by atoms with Crippen molar-refractivity contribution in [3.05, 3.63) is 24.3 Å². The molecule has 1 aromatic heterocycles. The van der Waals surface area contributed by atoms with Crippen LogP contribution in [-0.4, -0.2) is 52.6 Å². The molecule has 1 N–H and O–H groups in total. The van der Waals surface area contributed by atoms with Crippen LogP contribution in [0.4, 0.5) is 13.2 Å². The highest BCUT2D eigenvalue weighted by Crippen LogP contribution is 2.37. The second-order valence-corrected chi connectivity index (χ2v) is 7.34. The summed E-state index contributed by atoms with van der Waals surface area (Å²) < 4.78 is 38.1. The van der Waals surface area contributed by atoms with Gasteiger partial charge < -0.3 is 5.32 Å². The summed E-state index contributed by atoms with van der Waals surface area (Å²) in [4.78, 5) is 23.0. The monoisotopic (exact) mass is 370 g/mol. The van der Waals surface area contributed by atoms with Gasteiger partial charge in [-0.25, -0.2) is 9.97 Å². The molecule has 0 bridgehead atoms. The fourth-order valence-corrected chi connectivity index (χ4v) is 3.97. The van der Waals surface area contributed by atoms with Crippen molar-refractivity contribution in [2.45, 2.75) is 56.7 Å². The Morgan fingerprint density at radius 1 is 1.15 bits per heavy atom. The molecule has 3 rings (SSSR count). The second-order valence-electron chi connectivity index (χ2n) is 7.34. The van der Waals surface area contributed by atoms with E-state index in [0.29, 0.717) is 12.8 Å². The van der Waals surface area contributed by atoms with Crippen LogP contribution in [0.1, 0.15) is 50.3 Å². The zero-order chi connectivity index (χ0) is 18.6. The van der Waals surface area contributed by atoms with Crippen molar-refractivity contribution in [1.29, 1.82) is 0 Å². The van der Waals surface area contributed by atoms with Crippen LogP contribution in [0.25, 0.3) is 0 Å². The van der Waals surface area contributed by atoms with E-state index < -0.39 is 12.1 Å². The Kier molecular flexibility index (Phi) is 6.11. The molecule has 2 aliphatic rings. The van der Waals surface area contributed by atoms with Crippen molar-refractivity contribution in [1.82, 2.24) is 20.2 Å². The van der Waals surface area contributed by atoms with Crippen molar-refractivity contribution in [2.75, 3.05) is 19.6 Å². The molecule has 1 amide bonds. The minimum atomic E-state index is -4.11. The van der Waals surface area contributed by atoms with E-state index in [0.717, 1.165) is 31.8 Å². The summed E-state index contributed by atoms with van der Waals surface area (Å²) in [7, 11) is 0. The van der Waals surface area contributed by atoms with Crippen molar-refractivity contribution >= 4 is 5.91 Å². The fourth-order valence-electron chi connectivity index (χ4n) is 3.97. The minimum absolute atomic E-state index is 0.102. The molecule has 1 aliphatic carbocycles. The molecule has 1 saturated heterocycles. The Morgan fingerprint density at radius 3 is 2.50 bits per heavy atom. The number of amides is 1. The molecule has 5 nitrogen and oxygen atoms in total. The molecule has 2 heterocycles.